The molecule has 5 heteroatoms. The molecule has 90 valence electrons. The second-order valence-corrected chi connectivity index (χ2v) is 4.64. The van der Waals surface area contributed by atoms with E-state index in [2.05, 4.69) is 5.32 Å². The summed E-state index contributed by atoms with van der Waals surface area (Å²) in [6.45, 7) is 1.01. The molecule has 1 heterocycles. The van der Waals surface area contributed by atoms with Crippen LogP contribution in [0.25, 0.3) is 0 Å². The standard InChI is InChI=1S/C11H17NO4/c13-10(8-3-4-16-6-8)12-9(11(14)15)5-7-1-2-7/h7-9H,1-6H2,(H,12,13)(H,14,15)/t8-,9-/m1/s1. The average molecular weight is 227 g/mol. The molecule has 1 amide bonds. The van der Waals surface area contributed by atoms with Gasteiger partial charge >= 0.3 is 5.97 Å². The molecule has 1 saturated carbocycles. The van der Waals surface area contributed by atoms with Gasteiger partial charge in [0.15, 0.2) is 0 Å². The van der Waals surface area contributed by atoms with E-state index in [1.54, 1.807) is 0 Å². The fourth-order valence-corrected chi connectivity index (χ4v) is 1.94. The predicted molar refractivity (Wildman–Crippen MR) is 55.8 cm³/mol. The van der Waals surface area contributed by atoms with E-state index >= 15 is 0 Å². The van der Waals surface area contributed by atoms with Gasteiger partial charge in [0.1, 0.15) is 6.04 Å². The van der Waals surface area contributed by atoms with Crippen molar-refractivity contribution in [1.82, 2.24) is 5.32 Å². The van der Waals surface area contributed by atoms with Gasteiger partial charge in [0, 0.05) is 6.61 Å². The number of hydrogen-bond donors (Lipinski definition) is 2. The van der Waals surface area contributed by atoms with Crippen LogP contribution in [-0.2, 0) is 14.3 Å². The molecule has 0 unspecified atom stereocenters. The third-order valence-electron chi connectivity index (χ3n) is 3.18. The number of hydrogen-bond acceptors (Lipinski definition) is 3. The van der Waals surface area contributed by atoms with Gasteiger partial charge in [-0.15, -0.1) is 0 Å². The summed E-state index contributed by atoms with van der Waals surface area (Å²) >= 11 is 0. The van der Waals surface area contributed by atoms with E-state index in [9.17, 15) is 9.59 Å². The molecule has 2 atom stereocenters. The van der Waals surface area contributed by atoms with Crippen LogP contribution in [0.4, 0.5) is 0 Å². The molecule has 2 fully saturated rings. The van der Waals surface area contributed by atoms with Crippen LogP contribution >= 0.6 is 0 Å². The first-order valence-electron chi connectivity index (χ1n) is 5.77. The van der Waals surface area contributed by atoms with Crippen molar-refractivity contribution in [3.63, 3.8) is 0 Å². The zero-order valence-electron chi connectivity index (χ0n) is 9.15. The predicted octanol–water partition coefficient (Wildman–Crippen LogP) is 0.392. The van der Waals surface area contributed by atoms with Gasteiger partial charge in [-0.05, 0) is 18.8 Å². The summed E-state index contributed by atoms with van der Waals surface area (Å²) < 4.78 is 5.11. The van der Waals surface area contributed by atoms with Crippen LogP contribution in [-0.4, -0.2) is 36.2 Å². The molecule has 1 aliphatic heterocycles. The Morgan fingerprint density at radius 3 is 2.62 bits per heavy atom. The van der Waals surface area contributed by atoms with Crippen molar-refractivity contribution in [2.75, 3.05) is 13.2 Å². The van der Waals surface area contributed by atoms with Crippen LogP contribution < -0.4 is 5.32 Å². The minimum atomic E-state index is -0.931. The Morgan fingerprint density at radius 2 is 2.12 bits per heavy atom. The van der Waals surface area contributed by atoms with Gasteiger partial charge in [0.25, 0.3) is 0 Å². The molecule has 1 saturated heterocycles. The summed E-state index contributed by atoms with van der Waals surface area (Å²) in [5, 5.41) is 11.6. The monoisotopic (exact) mass is 227 g/mol. The quantitative estimate of drug-likeness (QED) is 0.712. The van der Waals surface area contributed by atoms with Crippen molar-refractivity contribution in [3.8, 4) is 0 Å². The Kier molecular flexibility index (Phi) is 3.43. The summed E-state index contributed by atoms with van der Waals surface area (Å²) in [6.07, 6.45) is 3.44. The number of aliphatic carboxylic acids is 1. The van der Waals surface area contributed by atoms with Crippen LogP contribution in [0.3, 0.4) is 0 Å². The number of carboxylic acid groups (broad SMARTS) is 1. The van der Waals surface area contributed by atoms with Crippen LogP contribution in [0.5, 0.6) is 0 Å². The van der Waals surface area contributed by atoms with E-state index in [-0.39, 0.29) is 11.8 Å². The second kappa shape index (κ2) is 4.82. The van der Waals surface area contributed by atoms with Gasteiger partial charge < -0.3 is 15.2 Å². The molecule has 0 spiro atoms. The molecule has 1 aliphatic carbocycles. The topological polar surface area (TPSA) is 75.6 Å². The first-order chi connectivity index (χ1) is 7.66. The third-order valence-corrected chi connectivity index (χ3v) is 3.18. The number of rotatable bonds is 5. The fourth-order valence-electron chi connectivity index (χ4n) is 1.94. The van der Waals surface area contributed by atoms with Crippen molar-refractivity contribution in [3.05, 3.63) is 0 Å². The molecule has 0 bridgehead atoms. The normalized spacial score (nSPS) is 26.4. The van der Waals surface area contributed by atoms with Crippen LogP contribution in [0.2, 0.25) is 0 Å². The number of amides is 1. The van der Waals surface area contributed by atoms with Crippen LogP contribution in [0.1, 0.15) is 25.7 Å². The van der Waals surface area contributed by atoms with Gasteiger partial charge in [0.05, 0.1) is 12.5 Å². The summed E-state index contributed by atoms with van der Waals surface area (Å²) in [5.74, 6) is -0.785. The van der Waals surface area contributed by atoms with Gasteiger partial charge in [-0.25, -0.2) is 4.79 Å². The molecule has 0 radical (unpaired) electrons. The summed E-state index contributed by atoms with van der Waals surface area (Å²) in [6, 6.07) is -0.722. The molecule has 2 aliphatic rings. The zero-order valence-corrected chi connectivity index (χ0v) is 9.15. The van der Waals surface area contributed by atoms with E-state index in [1.807, 2.05) is 0 Å². The number of carbonyl (C=O) groups excluding carboxylic acids is 1. The minimum Gasteiger partial charge on any atom is -0.480 e. The van der Waals surface area contributed by atoms with Gasteiger partial charge in [0.2, 0.25) is 5.91 Å². The highest BCUT2D eigenvalue weighted by Crippen LogP contribution is 2.33. The molecule has 16 heavy (non-hydrogen) atoms. The molecular weight excluding hydrogens is 210 g/mol. The van der Waals surface area contributed by atoms with E-state index < -0.39 is 12.0 Å². The average Bonchev–Trinajstić information content (AvgIpc) is 2.89. The number of ether oxygens (including phenoxy) is 1. The zero-order chi connectivity index (χ0) is 11.5. The van der Waals surface area contributed by atoms with Crippen molar-refractivity contribution in [1.29, 1.82) is 0 Å². The molecular formula is C11H17NO4. The van der Waals surface area contributed by atoms with Crippen molar-refractivity contribution in [2.24, 2.45) is 11.8 Å². The molecule has 5 nitrogen and oxygen atoms in total. The molecule has 0 aromatic rings. The van der Waals surface area contributed by atoms with E-state index in [0.29, 0.717) is 32.0 Å². The largest absolute Gasteiger partial charge is 0.480 e. The SMILES string of the molecule is O=C(N[C@H](CC1CC1)C(=O)O)[C@@H]1CCOC1. The summed E-state index contributed by atoms with van der Waals surface area (Å²) in [4.78, 5) is 22.7. The van der Waals surface area contributed by atoms with Crippen molar-refractivity contribution < 1.29 is 19.4 Å². The van der Waals surface area contributed by atoms with Gasteiger partial charge in [-0.2, -0.15) is 0 Å². The Hall–Kier alpha value is -1.10. The lowest BCUT2D eigenvalue weighted by atomic mass is 10.1. The first-order valence-corrected chi connectivity index (χ1v) is 5.77. The Morgan fingerprint density at radius 1 is 1.38 bits per heavy atom. The molecule has 2 rings (SSSR count). The second-order valence-electron chi connectivity index (χ2n) is 4.64. The third kappa shape index (κ3) is 2.95. The molecule has 0 aromatic carbocycles. The summed E-state index contributed by atoms with van der Waals surface area (Å²) in [7, 11) is 0. The fraction of sp³-hybridized carbons (Fsp3) is 0.818. The minimum absolute atomic E-state index is 0.166. The van der Waals surface area contributed by atoms with Crippen LogP contribution in [0, 0.1) is 11.8 Å². The summed E-state index contributed by atoms with van der Waals surface area (Å²) in [5.41, 5.74) is 0. The first kappa shape index (κ1) is 11.4. The maximum atomic E-state index is 11.7. The smallest absolute Gasteiger partial charge is 0.326 e. The van der Waals surface area contributed by atoms with Gasteiger partial charge in [-0.1, -0.05) is 12.8 Å². The Labute approximate surface area is 94.2 Å². The number of carbonyl (C=O) groups is 2. The lowest BCUT2D eigenvalue weighted by Crippen LogP contribution is -2.44. The Balaban J connectivity index is 1.83. The van der Waals surface area contributed by atoms with Gasteiger partial charge in [-0.3, -0.25) is 4.79 Å². The highest BCUT2D eigenvalue weighted by molar-refractivity contribution is 5.85. The highest BCUT2D eigenvalue weighted by atomic mass is 16.5. The highest BCUT2D eigenvalue weighted by Gasteiger charge is 2.32. The maximum Gasteiger partial charge on any atom is 0.326 e. The van der Waals surface area contributed by atoms with Crippen molar-refractivity contribution >= 4 is 11.9 Å². The lowest BCUT2D eigenvalue weighted by molar-refractivity contribution is -0.142. The number of carboxylic acids is 1. The van der Waals surface area contributed by atoms with Crippen LogP contribution in [0.15, 0.2) is 0 Å². The van der Waals surface area contributed by atoms with Crippen molar-refractivity contribution in [2.45, 2.75) is 31.7 Å². The van der Waals surface area contributed by atoms with E-state index in [1.165, 1.54) is 0 Å². The number of nitrogens with one attached hydrogen (secondary N) is 1. The van der Waals surface area contributed by atoms with E-state index in [4.69, 9.17) is 9.84 Å². The Bertz CT molecular complexity index is 282. The maximum absolute atomic E-state index is 11.7. The lowest BCUT2D eigenvalue weighted by Gasteiger charge is -2.16. The molecule has 0 aromatic heterocycles. The van der Waals surface area contributed by atoms with E-state index in [0.717, 1.165) is 12.8 Å². The molecule has 2 N–H and O–H groups in total.